The summed E-state index contributed by atoms with van der Waals surface area (Å²) in [5.74, 6) is 0. The largest absolute Gasteiger partial charge is 0.309 e. The first-order chi connectivity index (χ1) is 22.1. The van der Waals surface area contributed by atoms with Gasteiger partial charge < -0.3 is 9.13 Å². The van der Waals surface area contributed by atoms with Crippen molar-refractivity contribution in [2.75, 3.05) is 0 Å². The maximum atomic E-state index is 2.45. The lowest BCUT2D eigenvalue weighted by Gasteiger charge is -2.18. The lowest BCUT2D eigenvalue weighted by atomic mass is 10.0. The van der Waals surface area contributed by atoms with E-state index in [0.29, 0.717) is 0 Å². The molecule has 2 aromatic heterocycles. The summed E-state index contributed by atoms with van der Waals surface area (Å²) in [4.78, 5) is 0. The van der Waals surface area contributed by atoms with Crippen molar-refractivity contribution in [3.63, 3.8) is 0 Å². The minimum atomic E-state index is -1.45. The van der Waals surface area contributed by atoms with Crippen molar-refractivity contribution in [3.05, 3.63) is 133 Å². The first-order valence-electron chi connectivity index (χ1n) is 16.4. The average Bonchev–Trinajstić information content (AvgIpc) is 3.56. The number of nitrogens with zero attached hydrogens (tertiary/aromatic N) is 2. The van der Waals surface area contributed by atoms with Crippen LogP contribution in [0.5, 0.6) is 0 Å². The van der Waals surface area contributed by atoms with E-state index in [2.05, 4.69) is 182 Å². The van der Waals surface area contributed by atoms with E-state index in [9.17, 15) is 0 Å². The van der Waals surface area contributed by atoms with Crippen molar-refractivity contribution in [1.82, 2.24) is 9.13 Å². The molecule has 0 radical (unpaired) electrons. The van der Waals surface area contributed by atoms with Gasteiger partial charge in [0.15, 0.2) is 0 Å². The first kappa shape index (κ1) is 28.8. The molecule has 4 heteroatoms. The minimum absolute atomic E-state index is 1.24. The second-order valence-electron chi connectivity index (χ2n) is 14.8. The molecule has 0 spiro atoms. The topological polar surface area (TPSA) is 9.86 Å². The molecule has 2 heterocycles. The van der Waals surface area contributed by atoms with Crippen molar-refractivity contribution in [2.45, 2.75) is 39.3 Å². The van der Waals surface area contributed by atoms with Crippen LogP contribution in [-0.4, -0.2) is 25.3 Å². The highest BCUT2D eigenvalue weighted by atomic mass is 28.3. The zero-order valence-electron chi connectivity index (χ0n) is 27.6. The number of hydrogen-bond donors (Lipinski definition) is 0. The van der Waals surface area contributed by atoms with Gasteiger partial charge in [0, 0.05) is 32.9 Å². The summed E-state index contributed by atoms with van der Waals surface area (Å²) in [7, 11) is -2.90. The third kappa shape index (κ3) is 4.67. The van der Waals surface area contributed by atoms with E-state index in [4.69, 9.17) is 0 Å². The van der Waals surface area contributed by atoms with Gasteiger partial charge in [-0.25, -0.2) is 0 Å². The SMILES string of the molecule is C[Si](C)(C)c1cccc(-n2c3ccccc3c3cc(-c4ccc5c(c4)c4ccccc4n5-c4cccc([Si](C)(C)C)c4)ccc32)c1. The molecule has 0 aliphatic heterocycles. The van der Waals surface area contributed by atoms with E-state index in [1.54, 1.807) is 0 Å². The summed E-state index contributed by atoms with van der Waals surface area (Å²) in [5.41, 5.74) is 9.96. The van der Waals surface area contributed by atoms with Gasteiger partial charge in [0.05, 0.1) is 38.2 Å². The van der Waals surface area contributed by atoms with E-state index in [1.165, 1.54) is 76.5 Å². The van der Waals surface area contributed by atoms with E-state index in [0.717, 1.165) is 0 Å². The summed E-state index contributed by atoms with van der Waals surface area (Å²) in [6, 6.07) is 50.1. The quantitative estimate of drug-likeness (QED) is 0.168. The van der Waals surface area contributed by atoms with Crippen LogP contribution in [0.1, 0.15) is 0 Å². The summed E-state index contributed by atoms with van der Waals surface area (Å²) in [6.07, 6.45) is 0. The Bertz CT molecular complexity index is 2270. The van der Waals surface area contributed by atoms with Gasteiger partial charge in [0.1, 0.15) is 0 Å². The number of benzene rings is 6. The fourth-order valence-electron chi connectivity index (χ4n) is 7.08. The maximum Gasteiger partial charge on any atom is 0.0776 e. The molecule has 8 rings (SSSR count). The van der Waals surface area contributed by atoms with Gasteiger partial charge in [0.25, 0.3) is 0 Å². The molecule has 0 fully saturated rings. The monoisotopic (exact) mass is 628 g/mol. The number of fused-ring (bicyclic) bond motifs is 6. The van der Waals surface area contributed by atoms with E-state index < -0.39 is 16.1 Å². The molecule has 6 aromatic carbocycles. The van der Waals surface area contributed by atoms with Crippen molar-refractivity contribution in [3.8, 4) is 22.5 Å². The normalized spacial score (nSPS) is 12.6. The Morgan fingerprint density at radius 1 is 0.348 bits per heavy atom. The number of hydrogen-bond acceptors (Lipinski definition) is 0. The van der Waals surface area contributed by atoms with E-state index >= 15 is 0 Å². The second-order valence-corrected chi connectivity index (χ2v) is 24.9. The highest BCUT2D eigenvalue weighted by Gasteiger charge is 2.20. The van der Waals surface area contributed by atoms with Gasteiger partial charge in [-0.05, 0) is 71.8 Å². The third-order valence-corrected chi connectivity index (χ3v) is 13.7. The smallest absolute Gasteiger partial charge is 0.0776 e. The highest BCUT2D eigenvalue weighted by Crippen LogP contribution is 2.38. The lowest BCUT2D eigenvalue weighted by molar-refractivity contribution is 1.18. The van der Waals surface area contributed by atoms with E-state index in [1.807, 2.05) is 0 Å². The fourth-order valence-corrected chi connectivity index (χ4v) is 9.44. The van der Waals surface area contributed by atoms with E-state index in [-0.39, 0.29) is 0 Å². The van der Waals surface area contributed by atoms with Crippen LogP contribution in [0, 0.1) is 0 Å². The molecule has 226 valence electrons. The van der Waals surface area contributed by atoms with Crippen LogP contribution < -0.4 is 10.4 Å². The molecule has 8 aromatic rings. The fraction of sp³-hybridized carbons (Fsp3) is 0.143. The molecule has 46 heavy (non-hydrogen) atoms. The van der Waals surface area contributed by atoms with Crippen molar-refractivity contribution in [1.29, 1.82) is 0 Å². The molecular formula is C42H40N2Si2. The Morgan fingerprint density at radius 2 is 0.739 bits per heavy atom. The Morgan fingerprint density at radius 3 is 1.15 bits per heavy atom. The van der Waals surface area contributed by atoms with Crippen LogP contribution in [0.3, 0.4) is 0 Å². The molecule has 0 saturated heterocycles. The van der Waals surface area contributed by atoms with Gasteiger partial charge in [-0.1, -0.05) is 122 Å². The predicted octanol–water partition coefficient (Wildman–Crippen LogP) is 10.6. The average molecular weight is 629 g/mol. The second kappa shape index (κ2) is 10.4. The van der Waals surface area contributed by atoms with Crippen LogP contribution in [0.2, 0.25) is 39.3 Å². The van der Waals surface area contributed by atoms with Crippen molar-refractivity contribution < 1.29 is 0 Å². The molecule has 0 aliphatic carbocycles. The van der Waals surface area contributed by atoms with Gasteiger partial charge in [-0.15, -0.1) is 0 Å². The summed E-state index contributed by atoms with van der Waals surface area (Å²) in [5, 5.41) is 8.12. The molecule has 0 aliphatic rings. The highest BCUT2D eigenvalue weighted by molar-refractivity contribution is 6.89. The van der Waals surface area contributed by atoms with Crippen LogP contribution in [0.25, 0.3) is 66.1 Å². The Labute approximate surface area is 273 Å². The van der Waals surface area contributed by atoms with Crippen LogP contribution in [0.4, 0.5) is 0 Å². The molecular weight excluding hydrogens is 589 g/mol. The molecule has 2 nitrogen and oxygen atoms in total. The summed E-state index contributed by atoms with van der Waals surface area (Å²) >= 11 is 0. The zero-order chi connectivity index (χ0) is 31.8. The molecule has 0 bridgehead atoms. The van der Waals surface area contributed by atoms with Crippen molar-refractivity contribution >= 4 is 70.1 Å². The maximum absolute atomic E-state index is 2.45. The lowest BCUT2D eigenvalue weighted by Crippen LogP contribution is -2.37. The number of para-hydroxylation sites is 2. The first-order valence-corrected chi connectivity index (χ1v) is 23.4. The number of aromatic nitrogens is 2. The van der Waals surface area contributed by atoms with Crippen molar-refractivity contribution in [2.24, 2.45) is 0 Å². The van der Waals surface area contributed by atoms with Gasteiger partial charge >= 0.3 is 0 Å². The number of rotatable bonds is 5. The Balaban J connectivity index is 1.31. The molecule has 0 saturated carbocycles. The van der Waals surface area contributed by atoms with Crippen LogP contribution in [-0.2, 0) is 0 Å². The standard InChI is InChI=1S/C42H40N2Si2/c1-45(2,3)33-15-11-13-31(27-33)43-39-19-9-7-17-35(39)37-25-29(21-23-41(37)43)30-22-24-42-38(26-30)36-18-8-10-20-40(36)44(42)32-14-12-16-34(28-32)46(4,5)6/h7-28H,1-6H3. The zero-order valence-corrected chi connectivity index (χ0v) is 29.6. The Hall–Kier alpha value is -4.65. The van der Waals surface area contributed by atoms with Crippen LogP contribution in [0.15, 0.2) is 133 Å². The predicted molar refractivity (Wildman–Crippen MR) is 207 cm³/mol. The summed E-state index contributed by atoms with van der Waals surface area (Å²) in [6.45, 7) is 14.5. The minimum Gasteiger partial charge on any atom is -0.309 e. The molecule has 0 atom stereocenters. The third-order valence-electron chi connectivity index (χ3n) is 9.62. The van der Waals surface area contributed by atoms with Gasteiger partial charge in [-0.2, -0.15) is 0 Å². The van der Waals surface area contributed by atoms with Crippen LogP contribution >= 0.6 is 0 Å². The molecule has 0 amide bonds. The molecule has 0 unspecified atom stereocenters. The van der Waals surface area contributed by atoms with Gasteiger partial charge in [0.2, 0.25) is 0 Å². The Kier molecular flexibility index (Phi) is 6.54. The summed E-state index contributed by atoms with van der Waals surface area (Å²) < 4.78 is 4.90. The van der Waals surface area contributed by atoms with Gasteiger partial charge in [-0.3, -0.25) is 0 Å². The molecule has 0 N–H and O–H groups in total.